The Labute approximate surface area is 86.1 Å². The summed E-state index contributed by atoms with van der Waals surface area (Å²) in [7, 11) is 0. The van der Waals surface area contributed by atoms with Gasteiger partial charge in [0.05, 0.1) is 5.69 Å². The lowest BCUT2D eigenvalue weighted by Gasteiger charge is -2.22. The third kappa shape index (κ3) is 2.84. The summed E-state index contributed by atoms with van der Waals surface area (Å²) in [5, 5.41) is 4.33. The van der Waals surface area contributed by atoms with E-state index in [0.717, 1.165) is 18.7 Å². The van der Waals surface area contributed by atoms with Gasteiger partial charge >= 0.3 is 0 Å². The molecular formula is C11H20N2O. The smallest absolute Gasteiger partial charge is 0.150 e. The second-order valence-corrected chi connectivity index (χ2v) is 3.26. The Morgan fingerprint density at radius 3 is 2.71 bits per heavy atom. The molecule has 2 heterocycles. The Kier molecular flexibility index (Phi) is 4.66. The van der Waals surface area contributed by atoms with Crippen molar-refractivity contribution in [1.82, 2.24) is 9.78 Å². The summed E-state index contributed by atoms with van der Waals surface area (Å²) < 4.78 is 7.50. The Morgan fingerprint density at radius 2 is 2.21 bits per heavy atom. The summed E-state index contributed by atoms with van der Waals surface area (Å²) in [5.41, 5.74) is 1.06. The SMILES string of the molecule is CC.Cc1ccn(C2CCCCO2)n1. The van der Waals surface area contributed by atoms with E-state index in [4.69, 9.17) is 4.74 Å². The molecule has 1 fully saturated rings. The third-order valence-electron chi connectivity index (χ3n) is 2.19. The van der Waals surface area contributed by atoms with E-state index < -0.39 is 0 Å². The van der Waals surface area contributed by atoms with E-state index in [1.54, 1.807) is 0 Å². The molecule has 80 valence electrons. The van der Waals surface area contributed by atoms with Crippen molar-refractivity contribution in [3.05, 3.63) is 18.0 Å². The highest BCUT2D eigenvalue weighted by molar-refractivity contribution is 4.95. The van der Waals surface area contributed by atoms with Crippen LogP contribution in [0.4, 0.5) is 0 Å². The Bertz CT molecular complexity index is 252. The molecule has 1 unspecified atom stereocenters. The van der Waals surface area contributed by atoms with E-state index in [2.05, 4.69) is 5.10 Å². The molecule has 0 aliphatic carbocycles. The number of aryl methyl sites for hydroxylation is 1. The molecule has 1 aliphatic heterocycles. The fraction of sp³-hybridized carbons (Fsp3) is 0.727. The van der Waals surface area contributed by atoms with E-state index in [-0.39, 0.29) is 6.23 Å². The van der Waals surface area contributed by atoms with Gasteiger partial charge in [0.2, 0.25) is 0 Å². The molecule has 3 heteroatoms. The minimum atomic E-state index is 0.187. The second kappa shape index (κ2) is 5.81. The molecule has 1 atom stereocenters. The Hall–Kier alpha value is -0.830. The van der Waals surface area contributed by atoms with Gasteiger partial charge in [-0.05, 0) is 32.3 Å². The molecular weight excluding hydrogens is 176 g/mol. The van der Waals surface area contributed by atoms with E-state index in [9.17, 15) is 0 Å². The quantitative estimate of drug-likeness (QED) is 0.690. The van der Waals surface area contributed by atoms with E-state index in [1.807, 2.05) is 37.7 Å². The number of nitrogens with zero attached hydrogens (tertiary/aromatic N) is 2. The average molecular weight is 196 g/mol. The molecule has 1 aliphatic rings. The van der Waals surface area contributed by atoms with Gasteiger partial charge in [0, 0.05) is 12.8 Å². The van der Waals surface area contributed by atoms with E-state index in [0.29, 0.717) is 0 Å². The van der Waals surface area contributed by atoms with Gasteiger partial charge in [-0.1, -0.05) is 13.8 Å². The van der Waals surface area contributed by atoms with Gasteiger partial charge in [-0.2, -0.15) is 5.10 Å². The van der Waals surface area contributed by atoms with Crippen LogP contribution in [0.15, 0.2) is 12.3 Å². The Balaban J connectivity index is 0.000000461. The van der Waals surface area contributed by atoms with Gasteiger partial charge in [0.25, 0.3) is 0 Å². The zero-order valence-electron chi connectivity index (χ0n) is 9.36. The lowest BCUT2D eigenvalue weighted by atomic mass is 10.2. The fourth-order valence-electron chi connectivity index (χ4n) is 1.53. The first-order valence-corrected chi connectivity index (χ1v) is 5.49. The van der Waals surface area contributed by atoms with Crippen LogP contribution in [0.3, 0.4) is 0 Å². The minimum Gasteiger partial charge on any atom is -0.357 e. The van der Waals surface area contributed by atoms with Gasteiger partial charge < -0.3 is 4.74 Å². The zero-order valence-corrected chi connectivity index (χ0v) is 9.36. The molecule has 0 saturated carbocycles. The maximum Gasteiger partial charge on any atom is 0.150 e. The molecule has 0 radical (unpaired) electrons. The number of aromatic nitrogens is 2. The fourth-order valence-corrected chi connectivity index (χ4v) is 1.53. The van der Waals surface area contributed by atoms with Crippen LogP contribution in [0, 0.1) is 6.92 Å². The van der Waals surface area contributed by atoms with Gasteiger partial charge in [-0.3, -0.25) is 0 Å². The maximum absolute atomic E-state index is 5.58. The number of hydrogen-bond acceptors (Lipinski definition) is 2. The van der Waals surface area contributed by atoms with Crippen molar-refractivity contribution in [2.75, 3.05) is 6.61 Å². The molecule has 0 spiro atoms. The molecule has 3 nitrogen and oxygen atoms in total. The normalized spacial score (nSPS) is 21.2. The lowest BCUT2D eigenvalue weighted by Crippen LogP contribution is -2.18. The predicted molar refractivity (Wildman–Crippen MR) is 57.2 cm³/mol. The molecule has 0 aromatic carbocycles. The van der Waals surface area contributed by atoms with Crippen molar-refractivity contribution in [2.24, 2.45) is 0 Å². The molecule has 1 saturated heterocycles. The van der Waals surface area contributed by atoms with Crippen LogP contribution in [0.1, 0.15) is 45.0 Å². The summed E-state index contributed by atoms with van der Waals surface area (Å²) in [4.78, 5) is 0. The number of hydrogen-bond donors (Lipinski definition) is 0. The van der Waals surface area contributed by atoms with Crippen LogP contribution in [0.25, 0.3) is 0 Å². The summed E-state index contributed by atoms with van der Waals surface area (Å²) in [5.74, 6) is 0. The first-order chi connectivity index (χ1) is 6.86. The summed E-state index contributed by atoms with van der Waals surface area (Å²) in [6.45, 7) is 6.88. The van der Waals surface area contributed by atoms with Crippen molar-refractivity contribution < 1.29 is 4.74 Å². The van der Waals surface area contributed by atoms with Crippen LogP contribution in [-0.2, 0) is 4.74 Å². The minimum absolute atomic E-state index is 0.187. The molecule has 1 aromatic rings. The summed E-state index contributed by atoms with van der Waals surface area (Å²) >= 11 is 0. The first-order valence-electron chi connectivity index (χ1n) is 5.49. The van der Waals surface area contributed by atoms with Gasteiger partial charge in [0.1, 0.15) is 6.23 Å². The van der Waals surface area contributed by atoms with Crippen molar-refractivity contribution in [1.29, 1.82) is 0 Å². The van der Waals surface area contributed by atoms with Crippen LogP contribution in [0.2, 0.25) is 0 Å². The highest BCUT2D eigenvalue weighted by Gasteiger charge is 2.15. The van der Waals surface area contributed by atoms with Gasteiger partial charge in [-0.15, -0.1) is 0 Å². The molecule has 0 N–H and O–H groups in total. The van der Waals surface area contributed by atoms with Crippen molar-refractivity contribution >= 4 is 0 Å². The molecule has 0 amide bonds. The highest BCUT2D eigenvalue weighted by Crippen LogP contribution is 2.21. The predicted octanol–water partition coefficient (Wildman–Crippen LogP) is 2.92. The van der Waals surface area contributed by atoms with Crippen LogP contribution in [0.5, 0.6) is 0 Å². The van der Waals surface area contributed by atoms with Gasteiger partial charge in [-0.25, -0.2) is 4.68 Å². The lowest BCUT2D eigenvalue weighted by molar-refractivity contribution is -0.0396. The first kappa shape index (κ1) is 11.2. The van der Waals surface area contributed by atoms with Crippen LogP contribution in [-0.4, -0.2) is 16.4 Å². The largest absolute Gasteiger partial charge is 0.357 e. The van der Waals surface area contributed by atoms with E-state index in [1.165, 1.54) is 12.8 Å². The summed E-state index contributed by atoms with van der Waals surface area (Å²) in [6.07, 6.45) is 5.72. The third-order valence-corrected chi connectivity index (χ3v) is 2.19. The topological polar surface area (TPSA) is 27.1 Å². The molecule has 0 bridgehead atoms. The number of ether oxygens (including phenoxy) is 1. The molecule has 14 heavy (non-hydrogen) atoms. The average Bonchev–Trinajstić information content (AvgIpc) is 2.69. The van der Waals surface area contributed by atoms with Crippen molar-refractivity contribution in [3.63, 3.8) is 0 Å². The maximum atomic E-state index is 5.58. The van der Waals surface area contributed by atoms with E-state index >= 15 is 0 Å². The molecule has 1 aromatic heterocycles. The van der Waals surface area contributed by atoms with Gasteiger partial charge in [0.15, 0.2) is 0 Å². The molecule has 2 rings (SSSR count). The zero-order chi connectivity index (χ0) is 10.4. The Morgan fingerprint density at radius 1 is 1.43 bits per heavy atom. The monoisotopic (exact) mass is 196 g/mol. The highest BCUT2D eigenvalue weighted by atomic mass is 16.5. The van der Waals surface area contributed by atoms with Crippen molar-refractivity contribution in [3.8, 4) is 0 Å². The van der Waals surface area contributed by atoms with Crippen LogP contribution < -0.4 is 0 Å². The van der Waals surface area contributed by atoms with Crippen molar-refractivity contribution in [2.45, 2.75) is 46.3 Å². The summed E-state index contributed by atoms with van der Waals surface area (Å²) in [6, 6.07) is 2.01. The standard InChI is InChI=1S/C9H14N2O.C2H6/c1-8-5-6-11(10-8)9-4-2-3-7-12-9;1-2/h5-6,9H,2-4,7H2,1H3;1-2H3. The second-order valence-electron chi connectivity index (χ2n) is 3.26. The number of rotatable bonds is 1. The van der Waals surface area contributed by atoms with Crippen LogP contribution >= 0.6 is 0 Å².